The Balaban J connectivity index is 1.78. The number of methoxy groups -OCH3 is 1. The molecule has 0 aliphatic carbocycles. The third-order valence-corrected chi connectivity index (χ3v) is 4.11. The van der Waals surface area contributed by atoms with Crippen LogP contribution in [0.15, 0.2) is 60.8 Å². The van der Waals surface area contributed by atoms with Gasteiger partial charge in [-0.3, -0.25) is 9.69 Å². The number of carbonyl (C=O) groups excluding carboxylic acids is 2. The van der Waals surface area contributed by atoms with Crippen LogP contribution < -0.4 is 14.8 Å². The molecule has 1 fully saturated rings. The van der Waals surface area contributed by atoms with Crippen molar-refractivity contribution in [2.45, 2.75) is 6.61 Å². The Morgan fingerprint density at radius 3 is 2.68 bits per heavy atom. The summed E-state index contributed by atoms with van der Waals surface area (Å²) in [6.45, 7) is 3.72. The molecular formula is C21H19FN2O4. The van der Waals surface area contributed by atoms with Crippen molar-refractivity contribution in [3.05, 3.63) is 77.8 Å². The van der Waals surface area contributed by atoms with Crippen molar-refractivity contribution in [3.8, 4) is 11.5 Å². The number of carbonyl (C=O) groups is 2. The molecule has 0 saturated carbocycles. The van der Waals surface area contributed by atoms with E-state index in [1.54, 1.807) is 42.5 Å². The second kappa shape index (κ2) is 8.39. The minimum absolute atomic E-state index is 0.0501. The van der Waals surface area contributed by atoms with E-state index >= 15 is 0 Å². The monoisotopic (exact) mass is 382 g/mol. The fourth-order valence-electron chi connectivity index (χ4n) is 2.70. The molecule has 7 heteroatoms. The molecule has 2 aromatic carbocycles. The van der Waals surface area contributed by atoms with E-state index in [-0.39, 0.29) is 24.7 Å². The van der Waals surface area contributed by atoms with Crippen molar-refractivity contribution in [1.82, 2.24) is 10.2 Å². The lowest BCUT2D eigenvalue weighted by molar-refractivity contribution is -0.122. The normalized spacial score (nSPS) is 14.9. The molecule has 1 N–H and O–H groups in total. The molecule has 1 aliphatic heterocycles. The van der Waals surface area contributed by atoms with Crippen LogP contribution in [0, 0.1) is 5.82 Å². The van der Waals surface area contributed by atoms with Crippen LogP contribution in [-0.2, 0) is 11.4 Å². The van der Waals surface area contributed by atoms with Gasteiger partial charge in [0.1, 0.15) is 18.1 Å². The molecule has 2 aromatic rings. The van der Waals surface area contributed by atoms with Gasteiger partial charge in [-0.15, -0.1) is 6.58 Å². The lowest BCUT2D eigenvalue weighted by atomic mass is 10.1. The van der Waals surface area contributed by atoms with Crippen LogP contribution >= 0.6 is 0 Å². The Bertz CT molecular complexity index is 955. The van der Waals surface area contributed by atoms with E-state index in [0.29, 0.717) is 22.6 Å². The largest absolute Gasteiger partial charge is 0.493 e. The average Bonchev–Trinajstić information content (AvgIpc) is 2.95. The van der Waals surface area contributed by atoms with Crippen LogP contribution in [-0.4, -0.2) is 30.5 Å². The van der Waals surface area contributed by atoms with Gasteiger partial charge >= 0.3 is 6.03 Å². The van der Waals surface area contributed by atoms with Gasteiger partial charge < -0.3 is 14.8 Å². The molecule has 0 aromatic heterocycles. The van der Waals surface area contributed by atoms with Crippen LogP contribution in [0.3, 0.4) is 0 Å². The third kappa shape index (κ3) is 4.03. The molecule has 1 aliphatic rings. The number of hydrogen-bond donors (Lipinski definition) is 1. The standard InChI is InChI=1S/C21H19FN2O4/c1-3-10-24-20(25)17(23-21(24)26)11-14-8-9-18(19(12-14)27-2)28-13-15-6-4-5-7-16(15)22/h3-9,11-12H,1,10,13H2,2H3,(H,23,26)/b17-11+. The first kappa shape index (κ1) is 19.2. The summed E-state index contributed by atoms with van der Waals surface area (Å²) >= 11 is 0. The fourth-order valence-corrected chi connectivity index (χ4v) is 2.70. The molecule has 0 bridgehead atoms. The number of ether oxygens (including phenoxy) is 2. The molecule has 0 atom stereocenters. The van der Waals surface area contributed by atoms with Gasteiger partial charge in [0.15, 0.2) is 11.5 Å². The highest BCUT2D eigenvalue weighted by molar-refractivity contribution is 6.14. The van der Waals surface area contributed by atoms with Crippen LogP contribution in [0.5, 0.6) is 11.5 Å². The Kier molecular flexibility index (Phi) is 5.74. The van der Waals surface area contributed by atoms with Crippen molar-refractivity contribution in [3.63, 3.8) is 0 Å². The van der Waals surface area contributed by atoms with Crippen molar-refractivity contribution in [1.29, 1.82) is 0 Å². The summed E-state index contributed by atoms with van der Waals surface area (Å²) in [6, 6.07) is 10.9. The number of benzene rings is 2. The van der Waals surface area contributed by atoms with E-state index in [1.807, 2.05) is 0 Å². The summed E-state index contributed by atoms with van der Waals surface area (Å²) < 4.78 is 24.7. The minimum atomic E-state index is -0.493. The fraction of sp³-hybridized carbons (Fsp3) is 0.143. The van der Waals surface area contributed by atoms with Crippen LogP contribution in [0.4, 0.5) is 9.18 Å². The van der Waals surface area contributed by atoms with Crippen molar-refractivity contribution < 1.29 is 23.5 Å². The van der Waals surface area contributed by atoms with Crippen molar-refractivity contribution in [2.75, 3.05) is 13.7 Å². The van der Waals surface area contributed by atoms with Gasteiger partial charge in [-0.05, 0) is 29.8 Å². The number of hydrogen-bond acceptors (Lipinski definition) is 4. The van der Waals surface area contributed by atoms with Gasteiger partial charge in [0.05, 0.1) is 7.11 Å². The van der Waals surface area contributed by atoms with Crippen LogP contribution in [0.1, 0.15) is 11.1 Å². The molecule has 0 unspecified atom stereocenters. The number of imide groups is 1. The molecule has 3 rings (SSSR count). The average molecular weight is 382 g/mol. The quantitative estimate of drug-likeness (QED) is 0.452. The molecule has 3 amide bonds. The van der Waals surface area contributed by atoms with Crippen molar-refractivity contribution >= 4 is 18.0 Å². The predicted molar refractivity (Wildman–Crippen MR) is 102 cm³/mol. The molecule has 1 saturated heterocycles. The SMILES string of the molecule is C=CCN1C(=O)N/C(=C/c2ccc(OCc3ccccc3F)c(OC)c2)C1=O. The van der Waals surface area contributed by atoms with Gasteiger partial charge in [-0.1, -0.05) is 30.3 Å². The van der Waals surface area contributed by atoms with E-state index in [9.17, 15) is 14.0 Å². The topological polar surface area (TPSA) is 67.9 Å². The van der Waals surface area contributed by atoms with Crippen LogP contribution in [0.2, 0.25) is 0 Å². The summed E-state index contributed by atoms with van der Waals surface area (Å²) in [5, 5.41) is 2.53. The molecule has 28 heavy (non-hydrogen) atoms. The number of nitrogens with one attached hydrogen (secondary N) is 1. The number of amides is 3. The molecule has 0 radical (unpaired) electrons. The number of rotatable bonds is 7. The first-order chi connectivity index (χ1) is 13.5. The van der Waals surface area contributed by atoms with E-state index in [4.69, 9.17) is 9.47 Å². The van der Waals surface area contributed by atoms with Gasteiger partial charge in [0, 0.05) is 12.1 Å². The van der Waals surface area contributed by atoms with Gasteiger partial charge in [-0.2, -0.15) is 0 Å². The molecule has 1 heterocycles. The first-order valence-corrected chi connectivity index (χ1v) is 8.53. The van der Waals surface area contributed by atoms with Gasteiger partial charge in [-0.25, -0.2) is 9.18 Å². The highest BCUT2D eigenvalue weighted by Crippen LogP contribution is 2.30. The second-order valence-electron chi connectivity index (χ2n) is 5.98. The summed E-state index contributed by atoms with van der Waals surface area (Å²) in [5.74, 6) is 0.0829. The minimum Gasteiger partial charge on any atom is -0.493 e. The smallest absolute Gasteiger partial charge is 0.329 e. The maximum absolute atomic E-state index is 13.7. The Morgan fingerprint density at radius 1 is 1.18 bits per heavy atom. The molecule has 144 valence electrons. The van der Waals surface area contributed by atoms with Crippen LogP contribution in [0.25, 0.3) is 6.08 Å². The van der Waals surface area contributed by atoms with E-state index < -0.39 is 11.9 Å². The van der Waals surface area contributed by atoms with Crippen molar-refractivity contribution in [2.24, 2.45) is 0 Å². The molecule has 6 nitrogen and oxygen atoms in total. The maximum Gasteiger partial charge on any atom is 0.329 e. The lowest BCUT2D eigenvalue weighted by Gasteiger charge is -2.12. The summed E-state index contributed by atoms with van der Waals surface area (Å²) in [7, 11) is 1.48. The van der Waals surface area contributed by atoms with E-state index in [0.717, 1.165) is 4.90 Å². The zero-order valence-electron chi connectivity index (χ0n) is 15.3. The first-order valence-electron chi connectivity index (χ1n) is 8.53. The summed E-state index contributed by atoms with van der Waals surface area (Å²) in [4.78, 5) is 25.1. The van der Waals surface area contributed by atoms with E-state index in [1.165, 1.54) is 19.3 Å². The molecule has 0 spiro atoms. The Labute approximate surface area is 161 Å². The Morgan fingerprint density at radius 2 is 1.96 bits per heavy atom. The third-order valence-electron chi connectivity index (χ3n) is 4.11. The second-order valence-corrected chi connectivity index (χ2v) is 5.98. The number of urea groups is 1. The highest BCUT2D eigenvalue weighted by atomic mass is 19.1. The predicted octanol–water partition coefficient (Wildman–Crippen LogP) is 3.49. The lowest BCUT2D eigenvalue weighted by Crippen LogP contribution is -2.30. The zero-order valence-corrected chi connectivity index (χ0v) is 15.3. The van der Waals surface area contributed by atoms with Gasteiger partial charge in [0.2, 0.25) is 0 Å². The van der Waals surface area contributed by atoms with E-state index in [2.05, 4.69) is 11.9 Å². The molecular weight excluding hydrogens is 363 g/mol. The summed E-state index contributed by atoms with van der Waals surface area (Å²) in [6.07, 6.45) is 3.03. The maximum atomic E-state index is 13.7. The zero-order chi connectivity index (χ0) is 20.1. The Hall–Kier alpha value is -3.61. The summed E-state index contributed by atoms with van der Waals surface area (Å²) in [5.41, 5.74) is 1.23. The number of halogens is 1. The highest BCUT2D eigenvalue weighted by Gasteiger charge is 2.32. The number of nitrogens with zero attached hydrogens (tertiary/aromatic N) is 1. The van der Waals surface area contributed by atoms with Gasteiger partial charge in [0.25, 0.3) is 5.91 Å².